The number of rotatable bonds is 6. The molecule has 0 unspecified atom stereocenters. The zero-order chi connectivity index (χ0) is 17.8. The van der Waals surface area contributed by atoms with Crippen molar-refractivity contribution in [3.8, 4) is 5.75 Å². The number of fused-ring (bicyclic) bond motifs is 1. The summed E-state index contributed by atoms with van der Waals surface area (Å²) in [5.41, 5.74) is 2.79. The molecule has 3 rings (SSSR count). The molecule has 0 amide bonds. The number of nitrogens with zero attached hydrogens (tertiary/aromatic N) is 2. The first kappa shape index (κ1) is 17.0. The summed E-state index contributed by atoms with van der Waals surface area (Å²) in [5.74, 6) is 0.741. The van der Waals surface area contributed by atoms with Crippen LogP contribution < -0.4 is 4.74 Å². The van der Waals surface area contributed by atoms with E-state index in [1.807, 2.05) is 62.6 Å². The maximum Gasteiger partial charge on any atom is 0.416 e. The van der Waals surface area contributed by atoms with Crippen molar-refractivity contribution < 1.29 is 14.6 Å². The van der Waals surface area contributed by atoms with Gasteiger partial charge in [0, 0.05) is 18.1 Å². The Balaban J connectivity index is 1.88. The fraction of sp³-hybridized carbons (Fsp3) is 0.250. The summed E-state index contributed by atoms with van der Waals surface area (Å²) in [6, 6.07) is 15.5. The predicted molar refractivity (Wildman–Crippen MR) is 98.4 cm³/mol. The van der Waals surface area contributed by atoms with E-state index in [0.29, 0.717) is 12.1 Å². The smallest absolute Gasteiger partial charge is 0.416 e. The molecular formula is C20H22N2O3. The average Bonchev–Trinajstić information content (AvgIpc) is 2.97. The summed E-state index contributed by atoms with van der Waals surface area (Å²) in [7, 11) is 4.01. The Morgan fingerprint density at radius 3 is 2.60 bits per heavy atom. The lowest BCUT2D eigenvalue weighted by atomic mass is 10.1. The van der Waals surface area contributed by atoms with Crippen LogP contribution in [0.2, 0.25) is 0 Å². The minimum absolute atomic E-state index is 0.485. The molecule has 0 bridgehead atoms. The van der Waals surface area contributed by atoms with E-state index in [4.69, 9.17) is 4.74 Å². The number of ether oxygens (including phenoxy) is 1. The van der Waals surface area contributed by atoms with Crippen LogP contribution in [0.4, 0.5) is 4.79 Å². The summed E-state index contributed by atoms with van der Waals surface area (Å²) in [6.45, 7) is 1.34. The van der Waals surface area contributed by atoms with Crippen molar-refractivity contribution in [3.63, 3.8) is 0 Å². The van der Waals surface area contributed by atoms with Gasteiger partial charge >= 0.3 is 6.09 Å². The Morgan fingerprint density at radius 2 is 1.92 bits per heavy atom. The minimum atomic E-state index is -0.973. The van der Waals surface area contributed by atoms with Crippen LogP contribution in [-0.4, -0.2) is 41.3 Å². The van der Waals surface area contributed by atoms with Crippen LogP contribution in [0.3, 0.4) is 0 Å². The molecule has 0 aliphatic heterocycles. The Morgan fingerprint density at radius 1 is 1.16 bits per heavy atom. The number of hydrogen-bond donors (Lipinski definition) is 1. The van der Waals surface area contributed by atoms with Crippen LogP contribution in [0.25, 0.3) is 10.9 Å². The second kappa shape index (κ2) is 7.40. The third-order valence-electron chi connectivity index (χ3n) is 4.14. The molecule has 25 heavy (non-hydrogen) atoms. The fourth-order valence-corrected chi connectivity index (χ4v) is 2.81. The van der Waals surface area contributed by atoms with Crippen LogP contribution in [0.1, 0.15) is 11.1 Å². The molecule has 5 heteroatoms. The number of carbonyl (C=O) groups is 1. The van der Waals surface area contributed by atoms with E-state index in [-0.39, 0.29) is 0 Å². The van der Waals surface area contributed by atoms with Crippen molar-refractivity contribution in [1.82, 2.24) is 9.47 Å². The number of benzene rings is 2. The van der Waals surface area contributed by atoms with Gasteiger partial charge in [-0.2, -0.15) is 0 Å². The summed E-state index contributed by atoms with van der Waals surface area (Å²) in [4.78, 5) is 13.6. The topological polar surface area (TPSA) is 54.7 Å². The van der Waals surface area contributed by atoms with Gasteiger partial charge in [0.2, 0.25) is 0 Å². The van der Waals surface area contributed by atoms with Gasteiger partial charge in [0.25, 0.3) is 0 Å². The first-order valence-electron chi connectivity index (χ1n) is 8.23. The summed E-state index contributed by atoms with van der Waals surface area (Å²) in [6.07, 6.45) is 1.52. The second-order valence-corrected chi connectivity index (χ2v) is 6.31. The quantitative estimate of drug-likeness (QED) is 0.742. The van der Waals surface area contributed by atoms with E-state index in [1.165, 1.54) is 4.57 Å². The summed E-state index contributed by atoms with van der Waals surface area (Å²) in [5, 5.41) is 10.3. The molecule has 5 nitrogen and oxygen atoms in total. The third kappa shape index (κ3) is 4.00. The molecule has 0 saturated carbocycles. The Hall–Kier alpha value is -2.79. The van der Waals surface area contributed by atoms with Crippen molar-refractivity contribution in [1.29, 1.82) is 0 Å². The Kier molecular flexibility index (Phi) is 5.05. The van der Waals surface area contributed by atoms with Gasteiger partial charge in [-0.15, -0.1) is 0 Å². The lowest BCUT2D eigenvalue weighted by Crippen LogP contribution is -2.15. The molecule has 0 saturated heterocycles. The molecule has 0 aliphatic carbocycles. The molecule has 0 atom stereocenters. The fourth-order valence-electron chi connectivity index (χ4n) is 2.81. The van der Waals surface area contributed by atoms with Crippen LogP contribution >= 0.6 is 0 Å². The highest BCUT2D eigenvalue weighted by Crippen LogP contribution is 2.27. The first-order chi connectivity index (χ1) is 12.0. The Bertz CT molecular complexity index is 869. The van der Waals surface area contributed by atoms with E-state index in [1.54, 1.807) is 6.20 Å². The number of likely N-dealkylation sites (N-methyl/N-ethyl adjacent to an activating group) is 1. The normalized spacial score (nSPS) is 11.2. The van der Waals surface area contributed by atoms with Gasteiger partial charge in [0.1, 0.15) is 12.4 Å². The second-order valence-electron chi connectivity index (χ2n) is 6.31. The molecule has 0 fully saturated rings. The van der Waals surface area contributed by atoms with Gasteiger partial charge in [0.15, 0.2) is 0 Å². The number of aromatic nitrogens is 1. The number of hydrogen-bond acceptors (Lipinski definition) is 3. The van der Waals surface area contributed by atoms with Crippen molar-refractivity contribution in [2.75, 3.05) is 20.6 Å². The summed E-state index contributed by atoms with van der Waals surface area (Å²) >= 11 is 0. The van der Waals surface area contributed by atoms with Gasteiger partial charge < -0.3 is 14.7 Å². The van der Waals surface area contributed by atoms with E-state index < -0.39 is 6.09 Å². The van der Waals surface area contributed by atoms with Crippen LogP contribution in [0.15, 0.2) is 54.7 Å². The molecular weight excluding hydrogens is 316 g/mol. The molecule has 1 N–H and O–H groups in total. The summed E-state index contributed by atoms with van der Waals surface area (Å²) < 4.78 is 7.16. The van der Waals surface area contributed by atoms with Crippen LogP contribution in [-0.2, 0) is 13.0 Å². The van der Waals surface area contributed by atoms with Crippen molar-refractivity contribution in [2.45, 2.75) is 13.0 Å². The SMILES string of the molecule is CN(C)CCc1cn(C(=O)O)c2ccc(OCc3ccccc3)cc12. The van der Waals surface area contributed by atoms with Gasteiger partial charge in [0.05, 0.1) is 5.52 Å². The number of carboxylic acid groups (broad SMARTS) is 1. The zero-order valence-electron chi connectivity index (χ0n) is 14.5. The highest BCUT2D eigenvalue weighted by Gasteiger charge is 2.14. The molecule has 3 aromatic rings. The van der Waals surface area contributed by atoms with Crippen LogP contribution in [0.5, 0.6) is 5.75 Å². The third-order valence-corrected chi connectivity index (χ3v) is 4.14. The molecule has 1 aromatic heterocycles. The van der Waals surface area contributed by atoms with Gasteiger partial charge in [-0.1, -0.05) is 30.3 Å². The monoisotopic (exact) mass is 338 g/mol. The first-order valence-corrected chi connectivity index (χ1v) is 8.23. The lowest BCUT2D eigenvalue weighted by Gasteiger charge is -2.09. The maximum absolute atomic E-state index is 11.5. The van der Waals surface area contributed by atoms with Gasteiger partial charge in [-0.05, 0) is 49.8 Å². The zero-order valence-corrected chi connectivity index (χ0v) is 14.5. The molecule has 2 aromatic carbocycles. The standard InChI is InChI=1S/C20H22N2O3/c1-21(2)11-10-16-13-22(20(23)24)19-9-8-17(12-18(16)19)25-14-15-6-4-3-5-7-15/h3-9,12-13H,10-11,14H2,1-2H3,(H,23,24). The maximum atomic E-state index is 11.5. The molecule has 130 valence electrons. The predicted octanol–water partition coefficient (Wildman–Crippen LogP) is 3.85. The van der Waals surface area contributed by atoms with Crippen molar-refractivity contribution >= 4 is 17.0 Å². The molecule has 0 aliphatic rings. The van der Waals surface area contributed by atoms with Crippen molar-refractivity contribution in [2.24, 2.45) is 0 Å². The molecule has 0 spiro atoms. The van der Waals surface area contributed by atoms with Crippen LogP contribution in [0, 0.1) is 0 Å². The Labute approximate surface area is 147 Å². The van der Waals surface area contributed by atoms with E-state index in [0.717, 1.165) is 35.2 Å². The lowest BCUT2D eigenvalue weighted by molar-refractivity contribution is 0.197. The van der Waals surface area contributed by atoms with E-state index in [2.05, 4.69) is 4.90 Å². The highest BCUT2D eigenvalue weighted by atomic mass is 16.5. The van der Waals surface area contributed by atoms with Gasteiger partial charge in [-0.25, -0.2) is 4.79 Å². The van der Waals surface area contributed by atoms with Gasteiger partial charge in [-0.3, -0.25) is 4.57 Å². The highest BCUT2D eigenvalue weighted by molar-refractivity contribution is 5.92. The molecule has 0 radical (unpaired) electrons. The molecule has 1 heterocycles. The van der Waals surface area contributed by atoms with Crippen molar-refractivity contribution in [3.05, 3.63) is 65.9 Å². The average molecular weight is 338 g/mol. The minimum Gasteiger partial charge on any atom is -0.489 e. The van der Waals surface area contributed by atoms with E-state index >= 15 is 0 Å². The largest absolute Gasteiger partial charge is 0.489 e. The van der Waals surface area contributed by atoms with E-state index in [9.17, 15) is 9.90 Å².